The van der Waals surface area contributed by atoms with E-state index in [1.807, 2.05) is 13.8 Å². The second-order valence-corrected chi connectivity index (χ2v) is 4.47. The summed E-state index contributed by atoms with van der Waals surface area (Å²) >= 11 is 0. The van der Waals surface area contributed by atoms with Crippen LogP contribution < -0.4 is 11.1 Å². The molecule has 0 aliphatic heterocycles. The molecule has 0 spiro atoms. The molecule has 0 aliphatic carbocycles. The smallest absolute Gasteiger partial charge is 0.407 e. The molecule has 0 fully saturated rings. The number of hydrogen-bond donors (Lipinski definition) is 2. The predicted molar refractivity (Wildman–Crippen MR) is 71.2 cm³/mol. The van der Waals surface area contributed by atoms with E-state index in [2.05, 4.69) is 11.9 Å². The van der Waals surface area contributed by atoms with Crippen LogP contribution in [0.1, 0.15) is 33.1 Å². The molecule has 104 valence electrons. The van der Waals surface area contributed by atoms with Crippen molar-refractivity contribution in [1.29, 1.82) is 0 Å². The van der Waals surface area contributed by atoms with E-state index in [1.165, 1.54) is 6.08 Å². The van der Waals surface area contributed by atoms with Crippen LogP contribution in [0.3, 0.4) is 0 Å². The van der Waals surface area contributed by atoms with Gasteiger partial charge in [0.25, 0.3) is 0 Å². The van der Waals surface area contributed by atoms with Crippen LogP contribution in [0.15, 0.2) is 12.7 Å². The molecule has 0 unspecified atom stereocenters. The summed E-state index contributed by atoms with van der Waals surface area (Å²) in [5.41, 5.74) is 5.75. The quantitative estimate of drug-likeness (QED) is 0.485. The largest absolute Gasteiger partial charge is 0.445 e. The number of hydrogen-bond acceptors (Lipinski definition) is 4. The fraction of sp³-hybridized carbons (Fsp3) is 0.692. The fourth-order valence-corrected chi connectivity index (χ4v) is 1.44. The topological polar surface area (TPSA) is 81.4 Å². The second-order valence-electron chi connectivity index (χ2n) is 4.47. The minimum Gasteiger partial charge on any atom is -0.445 e. The van der Waals surface area contributed by atoms with Gasteiger partial charge in [-0.25, -0.2) is 4.79 Å². The predicted octanol–water partition coefficient (Wildman–Crippen LogP) is 1.62. The van der Waals surface area contributed by atoms with Crippen LogP contribution in [0.25, 0.3) is 0 Å². The number of ketones is 1. The van der Waals surface area contributed by atoms with E-state index in [4.69, 9.17) is 10.5 Å². The van der Waals surface area contributed by atoms with Crippen molar-refractivity contribution >= 4 is 11.9 Å². The summed E-state index contributed by atoms with van der Waals surface area (Å²) in [6, 6.07) is -0.391. The standard InChI is InChI=1S/C13H24N2O3/c1-4-9-18-13(17)15-8-6-5-7-11(14)12(16)10(2)3/h4,10-11H,1,5-9,14H2,2-3H3,(H,15,17)/t11-/m0/s1. The van der Waals surface area contributed by atoms with Crippen LogP contribution in [0.5, 0.6) is 0 Å². The highest BCUT2D eigenvalue weighted by atomic mass is 16.5. The van der Waals surface area contributed by atoms with Gasteiger partial charge in [0.1, 0.15) is 6.61 Å². The van der Waals surface area contributed by atoms with E-state index in [1.54, 1.807) is 0 Å². The molecule has 0 heterocycles. The van der Waals surface area contributed by atoms with Crippen molar-refractivity contribution in [3.8, 4) is 0 Å². The van der Waals surface area contributed by atoms with Gasteiger partial charge in [0.05, 0.1) is 6.04 Å². The third-order valence-corrected chi connectivity index (χ3v) is 2.48. The van der Waals surface area contributed by atoms with Gasteiger partial charge in [-0.05, 0) is 19.3 Å². The Morgan fingerprint density at radius 2 is 2.06 bits per heavy atom. The van der Waals surface area contributed by atoms with Crippen LogP contribution in [0.2, 0.25) is 0 Å². The lowest BCUT2D eigenvalue weighted by Gasteiger charge is -2.12. The first kappa shape index (κ1) is 16.6. The Morgan fingerprint density at radius 1 is 1.39 bits per heavy atom. The van der Waals surface area contributed by atoms with Gasteiger partial charge in [-0.3, -0.25) is 4.79 Å². The molecule has 5 nitrogen and oxygen atoms in total. The van der Waals surface area contributed by atoms with Crippen molar-refractivity contribution < 1.29 is 14.3 Å². The van der Waals surface area contributed by atoms with Gasteiger partial charge in [0.2, 0.25) is 0 Å². The molecular weight excluding hydrogens is 232 g/mol. The maximum absolute atomic E-state index is 11.5. The first-order chi connectivity index (χ1) is 8.49. The maximum atomic E-state index is 11.5. The number of alkyl carbamates (subject to hydrolysis) is 1. The first-order valence-electron chi connectivity index (χ1n) is 6.29. The lowest BCUT2D eigenvalue weighted by atomic mass is 9.98. The first-order valence-corrected chi connectivity index (χ1v) is 6.29. The highest BCUT2D eigenvalue weighted by molar-refractivity contribution is 5.85. The second kappa shape index (κ2) is 9.65. The van der Waals surface area contributed by atoms with Gasteiger partial charge in [-0.1, -0.05) is 26.5 Å². The molecular formula is C13H24N2O3. The van der Waals surface area contributed by atoms with Crippen molar-refractivity contribution in [3.63, 3.8) is 0 Å². The summed E-state index contributed by atoms with van der Waals surface area (Å²) in [6.45, 7) is 7.87. The monoisotopic (exact) mass is 256 g/mol. The Morgan fingerprint density at radius 3 is 2.61 bits per heavy atom. The number of nitrogens with one attached hydrogen (secondary N) is 1. The SMILES string of the molecule is C=CCOC(=O)NCCCC[C@H](N)C(=O)C(C)C. The number of amides is 1. The zero-order chi connectivity index (χ0) is 14.0. The van der Waals surface area contributed by atoms with Gasteiger partial charge in [0.15, 0.2) is 5.78 Å². The van der Waals surface area contributed by atoms with Gasteiger partial charge in [-0.2, -0.15) is 0 Å². The van der Waals surface area contributed by atoms with Crippen molar-refractivity contribution in [1.82, 2.24) is 5.32 Å². The normalized spacial score (nSPS) is 12.0. The van der Waals surface area contributed by atoms with Gasteiger partial charge < -0.3 is 15.8 Å². The molecule has 0 radical (unpaired) electrons. The van der Waals surface area contributed by atoms with Crippen LogP contribution in [0, 0.1) is 5.92 Å². The minimum atomic E-state index is -0.447. The van der Waals surface area contributed by atoms with Gasteiger partial charge in [-0.15, -0.1) is 0 Å². The molecule has 0 saturated carbocycles. The van der Waals surface area contributed by atoms with Crippen molar-refractivity contribution in [2.24, 2.45) is 11.7 Å². The van der Waals surface area contributed by atoms with Gasteiger partial charge in [0, 0.05) is 12.5 Å². The molecule has 18 heavy (non-hydrogen) atoms. The van der Waals surface area contributed by atoms with Crippen molar-refractivity contribution in [2.75, 3.05) is 13.2 Å². The molecule has 0 aromatic rings. The molecule has 0 aromatic carbocycles. The molecule has 0 aromatic heterocycles. The highest BCUT2D eigenvalue weighted by Crippen LogP contribution is 2.05. The zero-order valence-corrected chi connectivity index (χ0v) is 11.3. The number of ether oxygens (including phenoxy) is 1. The van der Waals surface area contributed by atoms with Crippen LogP contribution >= 0.6 is 0 Å². The third-order valence-electron chi connectivity index (χ3n) is 2.48. The number of unbranched alkanes of at least 4 members (excludes halogenated alkanes) is 1. The Hall–Kier alpha value is -1.36. The summed E-state index contributed by atoms with van der Waals surface area (Å²) in [4.78, 5) is 22.5. The summed E-state index contributed by atoms with van der Waals surface area (Å²) in [7, 11) is 0. The van der Waals surface area contributed by atoms with E-state index in [9.17, 15) is 9.59 Å². The molecule has 5 heteroatoms. The van der Waals surface area contributed by atoms with Crippen molar-refractivity contribution in [2.45, 2.75) is 39.2 Å². The Kier molecular flexibility index (Phi) is 8.92. The molecule has 0 aliphatic rings. The van der Waals surface area contributed by atoms with Crippen LogP contribution in [0.4, 0.5) is 4.79 Å². The van der Waals surface area contributed by atoms with E-state index >= 15 is 0 Å². The Labute approximate surface area is 109 Å². The van der Waals surface area contributed by atoms with E-state index in [0.29, 0.717) is 13.0 Å². The Bertz CT molecular complexity index is 277. The number of carbonyl (C=O) groups is 2. The average Bonchev–Trinajstić information content (AvgIpc) is 2.34. The molecule has 1 amide bonds. The molecule has 0 saturated heterocycles. The van der Waals surface area contributed by atoms with Crippen LogP contribution in [-0.4, -0.2) is 31.1 Å². The number of nitrogens with two attached hydrogens (primary N) is 1. The van der Waals surface area contributed by atoms with E-state index in [0.717, 1.165) is 12.8 Å². The summed E-state index contributed by atoms with van der Waals surface area (Å²) in [5.74, 6) is 0.0698. The number of rotatable bonds is 9. The Balaban J connectivity index is 3.53. The maximum Gasteiger partial charge on any atom is 0.407 e. The van der Waals surface area contributed by atoms with E-state index in [-0.39, 0.29) is 18.3 Å². The van der Waals surface area contributed by atoms with Crippen molar-refractivity contribution in [3.05, 3.63) is 12.7 Å². The summed E-state index contributed by atoms with van der Waals surface area (Å²) in [5, 5.41) is 2.61. The lowest BCUT2D eigenvalue weighted by molar-refractivity contribution is -0.123. The minimum absolute atomic E-state index is 0.0213. The summed E-state index contributed by atoms with van der Waals surface area (Å²) < 4.78 is 4.74. The molecule has 0 rings (SSSR count). The number of carbonyl (C=O) groups excluding carboxylic acids is 2. The molecule has 3 N–H and O–H groups in total. The van der Waals surface area contributed by atoms with E-state index < -0.39 is 12.1 Å². The average molecular weight is 256 g/mol. The fourth-order valence-electron chi connectivity index (χ4n) is 1.44. The lowest BCUT2D eigenvalue weighted by Crippen LogP contribution is -2.34. The number of Topliss-reactive ketones (excluding diaryl/α,β-unsaturated/α-hetero) is 1. The highest BCUT2D eigenvalue weighted by Gasteiger charge is 2.16. The zero-order valence-electron chi connectivity index (χ0n) is 11.3. The van der Waals surface area contributed by atoms with Gasteiger partial charge >= 0.3 is 6.09 Å². The van der Waals surface area contributed by atoms with Crippen LogP contribution in [-0.2, 0) is 9.53 Å². The summed E-state index contributed by atoms with van der Waals surface area (Å²) in [6.07, 6.45) is 3.30. The third kappa shape index (κ3) is 7.84. The molecule has 1 atom stereocenters. The molecule has 0 bridgehead atoms.